The molecular formula is C13H12O2. The van der Waals surface area contributed by atoms with Crippen molar-refractivity contribution in [1.29, 1.82) is 0 Å². The van der Waals surface area contributed by atoms with Crippen molar-refractivity contribution in [2.75, 3.05) is 6.61 Å². The Balaban J connectivity index is 2.46. The van der Waals surface area contributed by atoms with Crippen molar-refractivity contribution in [1.82, 2.24) is 0 Å². The summed E-state index contributed by atoms with van der Waals surface area (Å²) in [5, 5.41) is 17.5. The Hall–Kier alpha value is -1.74. The zero-order chi connectivity index (χ0) is 10.9. The summed E-state index contributed by atoms with van der Waals surface area (Å²) in [6.45, 7) is -0.263. The first-order valence-corrected chi connectivity index (χ1v) is 4.66. The van der Waals surface area contributed by atoms with Crippen LogP contribution in [-0.2, 0) is 0 Å². The smallest absolute Gasteiger partial charge is 0.0880 e. The Kier molecular flexibility index (Phi) is 5.04. The predicted molar refractivity (Wildman–Crippen MR) is 58.8 cm³/mol. The molecule has 0 amide bonds. The molecule has 0 heterocycles. The molecule has 2 heteroatoms. The molecule has 1 atom stereocenters. The van der Waals surface area contributed by atoms with Crippen molar-refractivity contribution in [3.63, 3.8) is 0 Å². The molecule has 76 valence electrons. The van der Waals surface area contributed by atoms with Gasteiger partial charge in [0.1, 0.15) is 0 Å². The van der Waals surface area contributed by atoms with Gasteiger partial charge in [-0.05, 0) is 24.0 Å². The Morgan fingerprint density at radius 3 is 2.53 bits per heavy atom. The third-order valence-electron chi connectivity index (χ3n) is 1.68. The molecule has 0 aliphatic carbocycles. The minimum absolute atomic E-state index is 0.250. The van der Waals surface area contributed by atoms with Crippen molar-refractivity contribution in [3.05, 3.63) is 35.9 Å². The summed E-state index contributed by atoms with van der Waals surface area (Å²) >= 11 is 0. The normalized spacial score (nSPS) is 10.5. The Morgan fingerprint density at radius 2 is 1.87 bits per heavy atom. The van der Waals surface area contributed by atoms with Gasteiger partial charge in [-0.15, -0.1) is 0 Å². The summed E-state index contributed by atoms with van der Waals surface area (Å²) in [5.74, 6) is 10.8. The van der Waals surface area contributed by atoms with Gasteiger partial charge in [-0.3, -0.25) is 0 Å². The van der Waals surface area contributed by atoms with Gasteiger partial charge in [0.25, 0.3) is 0 Å². The minimum atomic E-state index is -0.768. The summed E-state index contributed by atoms with van der Waals surface area (Å²) in [5.41, 5.74) is 0.912. The first-order chi connectivity index (χ1) is 7.33. The lowest BCUT2D eigenvalue weighted by atomic mass is 10.2. The molecular weight excluding hydrogens is 188 g/mol. The highest BCUT2D eigenvalue weighted by molar-refractivity contribution is 5.39. The lowest BCUT2D eigenvalue weighted by Crippen LogP contribution is -2.09. The molecule has 0 saturated carbocycles. The second kappa shape index (κ2) is 6.68. The lowest BCUT2D eigenvalue weighted by Gasteiger charge is -1.97. The van der Waals surface area contributed by atoms with Crippen LogP contribution >= 0.6 is 0 Å². The predicted octanol–water partition coefficient (Wildman–Crippen LogP) is 0.785. The van der Waals surface area contributed by atoms with Gasteiger partial charge in [0.05, 0.1) is 12.7 Å². The standard InChI is InChI=1S/C13H12O2/c14-11-13(15)10-6-2-5-9-12-7-3-1-4-8-12/h1,3-4,7-8,13-15H,10-11H2/t13-/m0/s1. The van der Waals surface area contributed by atoms with E-state index in [-0.39, 0.29) is 13.0 Å². The van der Waals surface area contributed by atoms with Crippen molar-refractivity contribution < 1.29 is 10.2 Å². The van der Waals surface area contributed by atoms with Gasteiger partial charge in [0.2, 0.25) is 0 Å². The summed E-state index contributed by atoms with van der Waals surface area (Å²) in [4.78, 5) is 0. The first kappa shape index (κ1) is 11.3. The van der Waals surface area contributed by atoms with Crippen LogP contribution in [0.5, 0.6) is 0 Å². The summed E-state index contributed by atoms with van der Waals surface area (Å²) in [7, 11) is 0. The van der Waals surface area contributed by atoms with E-state index in [1.807, 2.05) is 30.3 Å². The van der Waals surface area contributed by atoms with Crippen molar-refractivity contribution in [3.8, 4) is 23.7 Å². The van der Waals surface area contributed by atoms with Crippen molar-refractivity contribution >= 4 is 0 Å². The van der Waals surface area contributed by atoms with Gasteiger partial charge in [-0.25, -0.2) is 0 Å². The Bertz CT molecular complexity index is 401. The third kappa shape index (κ3) is 4.88. The van der Waals surface area contributed by atoms with E-state index in [4.69, 9.17) is 10.2 Å². The molecule has 0 aliphatic heterocycles. The van der Waals surface area contributed by atoms with Crippen LogP contribution in [0.2, 0.25) is 0 Å². The molecule has 0 bridgehead atoms. The zero-order valence-corrected chi connectivity index (χ0v) is 8.27. The van der Waals surface area contributed by atoms with Crippen LogP contribution in [0, 0.1) is 23.7 Å². The van der Waals surface area contributed by atoms with Crippen LogP contribution in [0.25, 0.3) is 0 Å². The Labute approximate surface area is 89.6 Å². The number of benzene rings is 1. The van der Waals surface area contributed by atoms with Crippen LogP contribution < -0.4 is 0 Å². The molecule has 15 heavy (non-hydrogen) atoms. The molecule has 0 saturated heterocycles. The number of aliphatic hydroxyl groups excluding tert-OH is 2. The van der Waals surface area contributed by atoms with E-state index in [9.17, 15) is 0 Å². The van der Waals surface area contributed by atoms with Gasteiger partial charge in [0, 0.05) is 12.0 Å². The number of hydrogen-bond acceptors (Lipinski definition) is 2. The number of rotatable bonds is 2. The average molecular weight is 200 g/mol. The molecule has 2 N–H and O–H groups in total. The van der Waals surface area contributed by atoms with E-state index >= 15 is 0 Å². The maximum absolute atomic E-state index is 8.97. The second-order valence-corrected chi connectivity index (χ2v) is 2.96. The molecule has 0 aliphatic rings. The topological polar surface area (TPSA) is 40.5 Å². The maximum Gasteiger partial charge on any atom is 0.0880 e. The molecule has 0 aromatic heterocycles. The van der Waals surface area contributed by atoms with E-state index in [2.05, 4.69) is 23.7 Å². The van der Waals surface area contributed by atoms with Crippen LogP contribution in [0.3, 0.4) is 0 Å². The minimum Gasteiger partial charge on any atom is -0.394 e. The first-order valence-electron chi connectivity index (χ1n) is 4.66. The monoisotopic (exact) mass is 200 g/mol. The van der Waals surface area contributed by atoms with Gasteiger partial charge in [0.15, 0.2) is 0 Å². The molecule has 1 rings (SSSR count). The lowest BCUT2D eigenvalue weighted by molar-refractivity contribution is 0.0992. The maximum atomic E-state index is 8.97. The van der Waals surface area contributed by atoms with E-state index in [1.165, 1.54) is 0 Å². The van der Waals surface area contributed by atoms with Crippen molar-refractivity contribution in [2.24, 2.45) is 0 Å². The van der Waals surface area contributed by atoms with Crippen LogP contribution in [0.1, 0.15) is 12.0 Å². The van der Waals surface area contributed by atoms with Gasteiger partial charge in [-0.2, -0.15) is 0 Å². The van der Waals surface area contributed by atoms with Gasteiger partial charge < -0.3 is 10.2 Å². The number of aliphatic hydroxyl groups is 2. The van der Waals surface area contributed by atoms with Crippen molar-refractivity contribution in [2.45, 2.75) is 12.5 Å². The zero-order valence-electron chi connectivity index (χ0n) is 8.27. The molecule has 2 nitrogen and oxygen atoms in total. The molecule has 0 fully saturated rings. The van der Waals surface area contributed by atoms with Crippen LogP contribution in [0.4, 0.5) is 0 Å². The molecule has 1 aromatic carbocycles. The van der Waals surface area contributed by atoms with E-state index < -0.39 is 6.10 Å². The van der Waals surface area contributed by atoms with E-state index in [0.717, 1.165) is 5.56 Å². The highest BCUT2D eigenvalue weighted by atomic mass is 16.3. The highest BCUT2D eigenvalue weighted by Gasteiger charge is 1.95. The molecule has 0 unspecified atom stereocenters. The molecule has 0 radical (unpaired) electrons. The number of hydrogen-bond donors (Lipinski definition) is 2. The quantitative estimate of drug-likeness (QED) is 0.693. The summed E-state index contributed by atoms with van der Waals surface area (Å²) < 4.78 is 0. The van der Waals surface area contributed by atoms with E-state index in [1.54, 1.807) is 0 Å². The fraction of sp³-hybridized carbons (Fsp3) is 0.231. The van der Waals surface area contributed by atoms with Gasteiger partial charge in [-0.1, -0.05) is 30.0 Å². The summed E-state index contributed by atoms with van der Waals surface area (Å²) in [6.07, 6.45) is -0.518. The molecule has 1 aromatic rings. The molecule has 0 spiro atoms. The fourth-order valence-corrected chi connectivity index (χ4v) is 0.902. The van der Waals surface area contributed by atoms with Crippen LogP contribution in [-0.4, -0.2) is 22.9 Å². The summed E-state index contributed by atoms with van der Waals surface area (Å²) in [6, 6.07) is 9.54. The third-order valence-corrected chi connectivity index (χ3v) is 1.68. The SMILES string of the molecule is OC[C@@H](O)CC#CC#Cc1ccccc1. The van der Waals surface area contributed by atoms with Gasteiger partial charge >= 0.3 is 0 Å². The van der Waals surface area contributed by atoms with E-state index in [0.29, 0.717) is 0 Å². The highest BCUT2D eigenvalue weighted by Crippen LogP contribution is 1.94. The largest absolute Gasteiger partial charge is 0.394 e. The average Bonchev–Trinajstić information content (AvgIpc) is 2.29. The Morgan fingerprint density at radius 1 is 1.13 bits per heavy atom. The van der Waals surface area contributed by atoms with Crippen LogP contribution in [0.15, 0.2) is 30.3 Å². The second-order valence-electron chi connectivity index (χ2n) is 2.96. The fourth-order valence-electron chi connectivity index (χ4n) is 0.902.